The number of anilines is 2. The summed E-state index contributed by atoms with van der Waals surface area (Å²) in [6.07, 6.45) is 5.21. The van der Waals surface area contributed by atoms with Crippen molar-refractivity contribution >= 4 is 38.9 Å². The lowest BCUT2D eigenvalue weighted by molar-refractivity contribution is -0.151. The number of halogens is 1. The number of fused-ring (bicyclic) bond motifs is 1. The molecule has 0 unspecified atom stereocenters. The highest BCUT2D eigenvalue weighted by Crippen LogP contribution is 2.47. The second-order valence-corrected chi connectivity index (χ2v) is 12.2. The summed E-state index contributed by atoms with van der Waals surface area (Å²) in [6, 6.07) is 12.9. The number of nitrogens with zero attached hydrogens (tertiary/aromatic N) is 1. The lowest BCUT2D eigenvalue weighted by Gasteiger charge is -2.36. The van der Waals surface area contributed by atoms with Crippen molar-refractivity contribution in [2.45, 2.75) is 61.9 Å². The summed E-state index contributed by atoms with van der Waals surface area (Å²) in [7, 11) is -3.73. The fourth-order valence-electron chi connectivity index (χ4n) is 4.42. The Morgan fingerprint density at radius 3 is 2.51 bits per heavy atom. The number of rotatable bonds is 10. The number of unbranched alkanes of at least 4 members (excludes halogenated alkanes) is 1. The molecule has 0 radical (unpaired) electrons. The van der Waals surface area contributed by atoms with E-state index in [4.69, 9.17) is 9.84 Å². The van der Waals surface area contributed by atoms with Crippen LogP contribution in [0, 0.1) is 5.41 Å². The van der Waals surface area contributed by atoms with Gasteiger partial charge in [-0.3, -0.25) is 0 Å². The number of hydrogen-bond donors (Lipinski definition) is 1. The van der Waals surface area contributed by atoms with Crippen LogP contribution >= 0.6 is 11.8 Å². The van der Waals surface area contributed by atoms with Crippen LogP contribution in [0.2, 0.25) is 0 Å². The number of carbonyl (C=O) groups is 1. The average Bonchev–Trinajstić information content (AvgIpc) is 2.93. The van der Waals surface area contributed by atoms with Gasteiger partial charge < -0.3 is 14.7 Å². The van der Waals surface area contributed by atoms with Gasteiger partial charge in [-0.1, -0.05) is 44.9 Å². The van der Waals surface area contributed by atoms with Crippen molar-refractivity contribution in [3.63, 3.8) is 0 Å². The molecule has 0 aliphatic carbocycles. The summed E-state index contributed by atoms with van der Waals surface area (Å²) >= 11 is 1.33. The molecule has 1 N–H and O–H groups in total. The Morgan fingerprint density at radius 2 is 1.94 bits per heavy atom. The highest BCUT2D eigenvalue weighted by atomic mass is 32.2. The zero-order chi connectivity index (χ0) is 25.9. The van der Waals surface area contributed by atoms with E-state index in [-0.39, 0.29) is 16.4 Å². The average molecular weight is 524 g/mol. The first-order valence-electron chi connectivity index (χ1n) is 11.8. The molecule has 0 bridgehead atoms. The number of alkyl halides is 1. The number of hydrogen-bond acceptors (Lipinski definition) is 6. The molecule has 2 aromatic rings. The SMILES string of the molecule is CCCC[C@]1(CC)CN(c2ccccc2)c2cc(SC)c(OC[C@](C)(F)C(=O)O)cc2S(=O)(=O)C1. The van der Waals surface area contributed by atoms with Crippen LogP contribution in [-0.4, -0.2) is 50.3 Å². The second kappa shape index (κ2) is 10.8. The smallest absolute Gasteiger partial charge is 0.344 e. The maximum absolute atomic E-state index is 14.4. The molecule has 6 nitrogen and oxygen atoms in total. The molecule has 1 aliphatic rings. The van der Waals surface area contributed by atoms with Crippen molar-refractivity contribution in [3.8, 4) is 5.75 Å². The van der Waals surface area contributed by atoms with E-state index in [1.54, 1.807) is 6.07 Å². The first-order valence-corrected chi connectivity index (χ1v) is 14.7. The number of carboxylic acids is 1. The van der Waals surface area contributed by atoms with Crippen LogP contribution in [0.4, 0.5) is 15.8 Å². The molecule has 0 saturated carbocycles. The quantitative estimate of drug-likeness (QED) is 0.376. The minimum absolute atomic E-state index is 0.000834. The first-order chi connectivity index (χ1) is 16.5. The molecule has 35 heavy (non-hydrogen) atoms. The zero-order valence-electron chi connectivity index (χ0n) is 20.7. The molecule has 0 fully saturated rings. The van der Waals surface area contributed by atoms with E-state index < -0.39 is 33.5 Å². The van der Waals surface area contributed by atoms with Crippen molar-refractivity contribution in [2.75, 3.05) is 30.1 Å². The van der Waals surface area contributed by atoms with E-state index in [1.165, 1.54) is 17.8 Å². The lowest BCUT2D eigenvalue weighted by atomic mass is 9.81. The van der Waals surface area contributed by atoms with Gasteiger partial charge in [0.15, 0.2) is 9.84 Å². The van der Waals surface area contributed by atoms with E-state index in [0.717, 1.165) is 31.9 Å². The van der Waals surface area contributed by atoms with Gasteiger partial charge in [-0.05, 0) is 44.2 Å². The number of carboxylic acid groups (broad SMARTS) is 1. The van der Waals surface area contributed by atoms with Crippen LogP contribution in [0.3, 0.4) is 0 Å². The van der Waals surface area contributed by atoms with Gasteiger partial charge in [0.1, 0.15) is 12.4 Å². The zero-order valence-corrected chi connectivity index (χ0v) is 22.3. The van der Waals surface area contributed by atoms with Crippen LogP contribution in [0.1, 0.15) is 46.5 Å². The van der Waals surface area contributed by atoms with Gasteiger partial charge in [0.05, 0.1) is 21.2 Å². The number of aliphatic carboxylic acids is 1. The van der Waals surface area contributed by atoms with Crippen molar-refractivity contribution < 1.29 is 27.4 Å². The van der Waals surface area contributed by atoms with Gasteiger partial charge in [0.2, 0.25) is 5.67 Å². The van der Waals surface area contributed by atoms with Gasteiger partial charge in [0, 0.05) is 23.7 Å². The maximum atomic E-state index is 14.4. The fourth-order valence-corrected chi connectivity index (χ4v) is 7.14. The summed E-state index contributed by atoms with van der Waals surface area (Å²) < 4.78 is 47.6. The molecule has 192 valence electrons. The molecule has 1 aliphatic heterocycles. The maximum Gasteiger partial charge on any atom is 0.344 e. The Balaban J connectivity index is 2.19. The molecule has 0 spiro atoms. The third kappa shape index (κ3) is 5.94. The molecule has 2 atom stereocenters. The topological polar surface area (TPSA) is 83.9 Å². The van der Waals surface area contributed by atoms with Crippen LogP contribution in [0.15, 0.2) is 52.3 Å². The summed E-state index contributed by atoms with van der Waals surface area (Å²) in [5.41, 5.74) is -1.59. The van der Waals surface area contributed by atoms with E-state index in [1.807, 2.05) is 43.5 Å². The molecule has 2 aromatic carbocycles. The number of sulfone groups is 1. The highest BCUT2D eigenvalue weighted by molar-refractivity contribution is 7.98. The van der Waals surface area contributed by atoms with Crippen molar-refractivity contribution in [2.24, 2.45) is 5.41 Å². The van der Waals surface area contributed by atoms with Crippen molar-refractivity contribution in [1.29, 1.82) is 0 Å². The third-order valence-corrected chi connectivity index (χ3v) is 9.43. The number of para-hydroxylation sites is 1. The predicted octanol–water partition coefficient (Wildman–Crippen LogP) is 6.11. The molecule has 0 saturated heterocycles. The van der Waals surface area contributed by atoms with Gasteiger partial charge in [-0.15, -0.1) is 11.8 Å². The number of thioether (sulfide) groups is 1. The van der Waals surface area contributed by atoms with E-state index in [9.17, 15) is 17.6 Å². The Kier molecular flexibility index (Phi) is 8.42. The van der Waals surface area contributed by atoms with Gasteiger partial charge >= 0.3 is 5.97 Å². The van der Waals surface area contributed by atoms with Crippen LogP contribution in [-0.2, 0) is 14.6 Å². The largest absolute Gasteiger partial charge is 0.488 e. The fraction of sp³-hybridized carbons (Fsp3) is 0.500. The Bertz CT molecular complexity index is 1150. The molecule has 9 heteroatoms. The first kappa shape index (κ1) is 27.3. The summed E-state index contributed by atoms with van der Waals surface area (Å²) in [6.45, 7) is 4.89. The molecule has 3 rings (SSSR count). The van der Waals surface area contributed by atoms with Gasteiger partial charge in [0.25, 0.3) is 0 Å². The van der Waals surface area contributed by atoms with Crippen LogP contribution in [0.5, 0.6) is 5.75 Å². The molecule has 0 amide bonds. The van der Waals surface area contributed by atoms with Gasteiger partial charge in [-0.2, -0.15) is 0 Å². The van der Waals surface area contributed by atoms with Crippen molar-refractivity contribution in [1.82, 2.24) is 0 Å². The van der Waals surface area contributed by atoms with E-state index in [2.05, 4.69) is 11.8 Å². The lowest BCUT2D eigenvalue weighted by Crippen LogP contribution is -2.37. The highest BCUT2D eigenvalue weighted by Gasteiger charge is 2.42. The van der Waals surface area contributed by atoms with Crippen LogP contribution in [0.25, 0.3) is 0 Å². The minimum atomic E-state index is -3.73. The van der Waals surface area contributed by atoms with Crippen LogP contribution < -0.4 is 9.64 Å². The molecule has 1 heterocycles. The molecular weight excluding hydrogens is 489 g/mol. The molecule has 0 aromatic heterocycles. The Labute approximate surface area is 211 Å². The number of benzene rings is 2. The normalized spacial score (nSPS) is 21.0. The minimum Gasteiger partial charge on any atom is -0.488 e. The summed E-state index contributed by atoms with van der Waals surface area (Å²) in [5, 5.41) is 9.11. The standard InChI is InChI=1S/C26H34FNO5S2/c1-5-7-13-26(6-2)16-28(19-11-9-8-10-12-19)20-14-22(34-4)21(15-23(20)35(31,32)18-26)33-17-25(3,27)24(29)30/h8-12,14-15H,5-7,13,16-18H2,1-4H3,(H,29,30)/t25-,26+/m0/s1. The number of ether oxygens (including phenoxy) is 1. The van der Waals surface area contributed by atoms with E-state index >= 15 is 0 Å². The Hall–Kier alpha value is -2.26. The van der Waals surface area contributed by atoms with E-state index in [0.29, 0.717) is 23.5 Å². The monoisotopic (exact) mass is 523 g/mol. The predicted molar refractivity (Wildman–Crippen MR) is 139 cm³/mol. The molecular formula is C26H34FNO5S2. The van der Waals surface area contributed by atoms with Gasteiger partial charge in [-0.25, -0.2) is 17.6 Å². The summed E-state index contributed by atoms with van der Waals surface area (Å²) in [5.74, 6) is -1.47. The second-order valence-electron chi connectivity index (χ2n) is 9.40. The Morgan fingerprint density at radius 1 is 1.26 bits per heavy atom. The van der Waals surface area contributed by atoms with Crippen molar-refractivity contribution in [3.05, 3.63) is 42.5 Å². The summed E-state index contributed by atoms with van der Waals surface area (Å²) in [4.78, 5) is 14.0. The third-order valence-electron chi connectivity index (χ3n) is 6.68.